The average molecular weight is 697 g/mol. The molecule has 2 aliphatic heterocycles. The zero-order chi connectivity index (χ0) is 30.5. The van der Waals surface area contributed by atoms with Gasteiger partial charge in [0.1, 0.15) is 18.4 Å². The van der Waals surface area contributed by atoms with E-state index < -0.39 is 29.1 Å². The highest BCUT2D eigenvalue weighted by molar-refractivity contribution is 14.1. The fourth-order valence-electron chi connectivity index (χ4n) is 6.42. The Morgan fingerprint density at radius 2 is 1.95 bits per heavy atom. The van der Waals surface area contributed by atoms with E-state index in [0.717, 1.165) is 16.8 Å². The molecule has 2 aromatic carbocycles. The number of pyridine rings is 1. The number of benzene rings is 2. The summed E-state index contributed by atoms with van der Waals surface area (Å²) in [6.45, 7) is 4.34. The van der Waals surface area contributed by atoms with E-state index in [-0.39, 0.29) is 36.3 Å². The molecule has 3 heterocycles. The minimum atomic E-state index is -1.88. The van der Waals surface area contributed by atoms with Gasteiger partial charge < -0.3 is 24.0 Å². The standard InChI is InChI=1S/C33H30FIN2O6/c1-3-33(41)24-12-13-36(31(39)23(24)18-43-32(33)40)15-26-29(35)22(16-38)21-14-25(34)28-20(30(21)37(26)4-2)10-11-27(28)42-17-19-8-6-5-7-9-19/h5-9,12-14,27,41H,3-4,10-11,15,17-18H2,1-2H3/t27?,33-/m0/s1. The molecule has 0 spiro atoms. The Bertz CT molecular complexity index is 1780. The fraction of sp³-hybridized carbons (Fsp3) is 0.333. The summed E-state index contributed by atoms with van der Waals surface area (Å²) in [5.74, 6) is 0.848. The molecule has 0 fully saturated rings. The maximum Gasteiger partial charge on any atom is 0.343 e. The summed E-state index contributed by atoms with van der Waals surface area (Å²) in [5, 5.41) is 10.9. The molecule has 1 aliphatic carbocycles. The molecule has 1 unspecified atom stereocenters. The van der Waals surface area contributed by atoms with Crippen LogP contribution in [0.25, 0.3) is 5.57 Å². The molecule has 0 bridgehead atoms. The maximum atomic E-state index is 15.7. The van der Waals surface area contributed by atoms with Crippen LogP contribution in [0.4, 0.5) is 10.1 Å². The summed E-state index contributed by atoms with van der Waals surface area (Å²) in [6, 6.07) is 12.7. The van der Waals surface area contributed by atoms with Crippen LogP contribution >= 0.6 is 22.6 Å². The lowest BCUT2D eigenvalue weighted by Crippen LogP contribution is -2.44. The molecule has 222 valence electrons. The number of hydrogen-bond donors (Lipinski definition) is 1. The van der Waals surface area contributed by atoms with Crippen molar-refractivity contribution in [2.75, 3.05) is 11.4 Å². The number of aromatic nitrogens is 1. The maximum absolute atomic E-state index is 15.7. The van der Waals surface area contributed by atoms with Gasteiger partial charge in [0.15, 0.2) is 5.60 Å². The van der Waals surface area contributed by atoms with Crippen molar-refractivity contribution >= 4 is 45.8 Å². The normalized spacial score (nSPS) is 20.9. The molecule has 1 aromatic heterocycles. The van der Waals surface area contributed by atoms with Gasteiger partial charge in [0.2, 0.25) is 0 Å². The molecule has 6 rings (SSSR count). The third kappa shape index (κ3) is 4.77. The van der Waals surface area contributed by atoms with Gasteiger partial charge in [0, 0.05) is 29.4 Å². The SMILES string of the molecule is CCN1C(Cn2ccc3c(c2=O)COC(=O)[C@]3(O)CC)=C(I)C(=C=O)c2cc(F)c3c(c21)CCC3OCc1ccccc1. The summed E-state index contributed by atoms with van der Waals surface area (Å²) in [4.78, 5) is 40.3. The second-order valence-corrected chi connectivity index (χ2v) is 12.0. The molecule has 0 radical (unpaired) electrons. The average Bonchev–Trinajstić information content (AvgIpc) is 3.45. The highest BCUT2D eigenvalue weighted by Crippen LogP contribution is 2.50. The molecule has 10 heteroatoms. The summed E-state index contributed by atoms with van der Waals surface area (Å²) in [6.07, 6.45) is 2.36. The molecule has 3 aliphatic rings. The van der Waals surface area contributed by atoms with Crippen LogP contribution in [0, 0.1) is 5.82 Å². The van der Waals surface area contributed by atoms with Crippen molar-refractivity contribution in [3.63, 3.8) is 0 Å². The van der Waals surface area contributed by atoms with Gasteiger partial charge in [-0.3, -0.25) is 4.79 Å². The van der Waals surface area contributed by atoms with Crippen LogP contribution in [0.3, 0.4) is 0 Å². The molecule has 8 nitrogen and oxygen atoms in total. The number of fused-ring (bicyclic) bond motifs is 4. The highest BCUT2D eigenvalue weighted by Gasteiger charge is 2.44. The largest absolute Gasteiger partial charge is 0.458 e. The minimum absolute atomic E-state index is 0.0664. The number of hydrogen-bond acceptors (Lipinski definition) is 7. The lowest BCUT2D eigenvalue weighted by Gasteiger charge is -2.36. The van der Waals surface area contributed by atoms with E-state index in [1.807, 2.05) is 48.1 Å². The number of rotatable bonds is 7. The Labute approximate surface area is 261 Å². The Balaban J connectivity index is 1.40. The van der Waals surface area contributed by atoms with Gasteiger partial charge in [0.05, 0.1) is 45.4 Å². The van der Waals surface area contributed by atoms with Crippen LogP contribution in [0.1, 0.15) is 66.2 Å². The van der Waals surface area contributed by atoms with Gasteiger partial charge in [-0.2, -0.15) is 0 Å². The van der Waals surface area contributed by atoms with Crippen LogP contribution in [0.15, 0.2) is 62.7 Å². The van der Waals surface area contributed by atoms with Gasteiger partial charge >= 0.3 is 5.97 Å². The zero-order valence-electron chi connectivity index (χ0n) is 23.8. The summed E-state index contributed by atoms with van der Waals surface area (Å²) >= 11 is 2.06. The number of likely N-dealkylation sites (N-methyl/N-ethyl adjacent to an activating group) is 1. The Kier molecular flexibility index (Phi) is 7.89. The van der Waals surface area contributed by atoms with E-state index in [0.29, 0.717) is 46.4 Å². The number of anilines is 1. The first-order valence-electron chi connectivity index (χ1n) is 14.3. The lowest BCUT2D eigenvalue weighted by atomic mass is 9.87. The van der Waals surface area contributed by atoms with Crippen LogP contribution in [0.5, 0.6) is 0 Å². The lowest BCUT2D eigenvalue weighted by molar-refractivity contribution is -0.172. The van der Waals surface area contributed by atoms with Crippen molar-refractivity contribution < 1.29 is 28.6 Å². The molecule has 1 N–H and O–H groups in total. The monoisotopic (exact) mass is 696 g/mol. The first-order chi connectivity index (χ1) is 20.7. The molecule has 0 saturated heterocycles. The van der Waals surface area contributed by atoms with E-state index in [1.165, 1.54) is 10.6 Å². The number of esters is 1. The molecule has 3 aromatic rings. The summed E-state index contributed by atoms with van der Waals surface area (Å²) in [5.41, 5.74) is 2.63. The number of cyclic esters (lactones) is 1. The van der Waals surface area contributed by atoms with Gasteiger partial charge in [-0.1, -0.05) is 37.3 Å². The minimum Gasteiger partial charge on any atom is -0.458 e. The van der Waals surface area contributed by atoms with Crippen LogP contribution in [-0.2, 0) is 50.8 Å². The third-order valence-electron chi connectivity index (χ3n) is 8.65. The number of ether oxygens (including phenoxy) is 2. The molecule has 0 saturated carbocycles. The van der Waals surface area contributed by atoms with Gasteiger partial charge in [-0.15, -0.1) is 0 Å². The van der Waals surface area contributed by atoms with Gasteiger partial charge in [0.25, 0.3) is 5.56 Å². The quantitative estimate of drug-likeness (QED) is 0.205. The van der Waals surface area contributed by atoms with Crippen molar-refractivity contribution in [1.29, 1.82) is 0 Å². The van der Waals surface area contributed by atoms with Gasteiger partial charge in [-0.25, -0.2) is 14.0 Å². The second kappa shape index (κ2) is 11.5. The van der Waals surface area contributed by atoms with E-state index in [4.69, 9.17) is 9.47 Å². The van der Waals surface area contributed by atoms with E-state index in [1.54, 1.807) is 19.2 Å². The van der Waals surface area contributed by atoms with Crippen LogP contribution in [-0.4, -0.2) is 28.1 Å². The third-order valence-corrected chi connectivity index (χ3v) is 9.81. The van der Waals surface area contributed by atoms with E-state index >= 15 is 4.39 Å². The Morgan fingerprint density at radius 1 is 1.19 bits per heavy atom. The highest BCUT2D eigenvalue weighted by atomic mass is 127. The number of aliphatic hydroxyl groups is 1. The topological polar surface area (TPSA) is 98.1 Å². The molecule has 2 atom stereocenters. The van der Waals surface area contributed by atoms with Crippen molar-refractivity contribution in [2.45, 2.75) is 64.6 Å². The Hall–Kier alpha value is -3.57. The number of allylic oxidation sites excluding steroid dienone is 3. The molecule has 0 amide bonds. The number of nitrogens with zero attached hydrogens (tertiary/aromatic N) is 2. The number of carbonyl (C=O) groups excluding carboxylic acids is 2. The summed E-state index contributed by atoms with van der Waals surface area (Å²) in [7, 11) is 0. The van der Waals surface area contributed by atoms with E-state index in [9.17, 15) is 19.5 Å². The summed E-state index contributed by atoms with van der Waals surface area (Å²) < 4.78 is 29.2. The van der Waals surface area contributed by atoms with E-state index in [2.05, 4.69) is 22.6 Å². The van der Waals surface area contributed by atoms with Crippen molar-refractivity contribution in [1.82, 2.24) is 4.57 Å². The number of carbonyl (C=O) groups is 1. The fourth-order valence-corrected chi connectivity index (χ4v) is 7.28. The predicted octanol–water partition coefficient (Wildman–Crippen LogP) is 5.25. The van der Waals surface area contributed by atoms with Crippen LogP contribution in [0.2, 0.25) is 0 Å². The van der Waals surface area contributed by atoms with Crippen molar-refractivity contribution in [3.05, 3.63) is 107 Å². The number of halogens is 2. The molecule has 43 heavy (non-hydrogen) atoms. The molecular weight excluding hydrogens is 666 g/mol. The van der Waals surface area contributed by atoms with Gasteiger partial charge in [-0.05, 0) is 72.0 Å². The zero-order valence-corrected chi connectivity index (χ0v) is 25.9. The smallest absolute Gasteiger partial charge is 0.343 e. The first-order valence-corrected chi connectivity index (χ1v) is 15.4. The second-order valence-electron chi connectivity index (χ2n) is 10.9. The van der Waals surface area contributed by atoms with Crippen LogP contribution < -0.4 is 10.5 Å². The Morgan fingerprint density at radius 3 is 2.65 bits per heavy atom. The van der Waals surface area contributed by atoms with Crippen molar-refractivity contribution in [3.8, 4) is 0 Å². The first kappa shape index (κ1) is 29.5. The van der Waals surface area contributed by atoms with Crippen molar-refractivity contribution in [2.24, 2.45) is 0 Å². The predicted molar refractivity (Wildman–Crippen MR) is 167 cm³/mol. The molecular formula is C33H30FIN2O6.